The van der Waals surface area contributed by atoms with Gasteiger partial charge < -0.3 is 10.4 Å². The molecule has 116 valence electrons. The number of rotatable bonds is 5. The minimum absolute atomic E-state index is 0.361. The lowest BCUT2D eigenvalue weighted by molar-refractivity contribution is 0.158. The number of halogens is 2. The predicted octanol–water partition coefficient (Wildman–Crippen LogP) is 3.41. The van der Waals surface area contributed by atoms with Crippen molar-refractivity contribution in [3.05, 3.63) is 35.4 Å². The van der Waals surface area contributed by atoms with Gasteiger partial charge in [0.2, 0.25) is 0 Å². The summed E-state index contributed by atoms with van der Waals surface area (Å²) in [5.41, 5.74) is 0.418. The van der Waals surface area contributed by atoms with Crippen molar-refractivity contribution in [1.82, 2.24) is 5.32 Å². The third-order valence-electron chi connectivity index (χ3n) is 5.40. The number of benzene rings is 1. The van der Waals surface area contributed by atoms with Crippen molar-refractivity contribution in [2.45, 2.75) is 44.8 Å². The second-order valence-corrected chi connectivity index (χ2v) is 6.72. The van der Waals surface area contributed by atoms with Gasteiger partial charge in [-0.2, -0.15) is 0 Å². The van der Waals surface area contributed by atoms with Gasteiger partial charge in [0.1, 0.15) is 0 Å². The van der Waals surface area contributed by atoms with Gasteiger partial charge in [-0.1, -0.05) is 12.5 Å². The van der Waals surface area contributed by atoms with E-state index in [4.69, 9.17) is 0 Å². The quantitative estimate of drug-likeness (QED) is 0.872. The Labute approximate surface area is 124 Å². The van der Waals surface area contributed by atoms with Gasteiger partial charge >= 0.3 is 0 Å². The van der Waals surface area contributed by atoms with Crippen LogP contribution in [-0.4, -0.2) is 17.7 Å². The van der Waals surface area contributed by atoms with Crippen LogP contribution in [0.2, 0.25) is 0 Å². The molecule has 2 fully saturated rings. The van der Waals surface area contributed by atoms with Gasteiger partial charge in [0.15, 0.2) is 11.6 Å². The van der Waals surface area contributed by atoms with Crippen LogP contribution in [-0.2, 0) is 0 Å². The molecule has 5 atom stereocenters. The van der Waals surface area contributed by atoms with Gasteiger partial charge in [0, 0.05) is 12.6 Å². The summed E-state index contributed by atoms with van der Waals surface area (Å²) in [6.45, 7) is 2.55. The molecule has 2 N–H and O–H groups in total. The number of hydrogen-bond acceptors (Lipinski definition) is 2. The molecule has 3 rings (SSSR count). The molecular formula is C17H23F2NO. The normalized spacial score (nSPS) is 30.6. The number of fused-ring (bicyclic) bond motifs is 2. The third kappa shape index (κ3) is 3.11. The van der Waals surface area contributed by atoms with E-state index in [1.165, 1.54) is 31.7 Å². The summed E-state index contributed by atoms with van der Waals surface area (Å²) in [6.07, 6.45) is 4.57. The zero-order valence-corrected chi connectivity index (χ0v) is 12.4. The molecule has 1 aromatic rings. The van der Waals surface area contributed by atoms with Crippen molar-refractivity contribution in [3.8, 4) is 0 Å². The monoisotopic (exact) mass is 295 g/mol. The summed E-state index contributed by atoms with van der Waals surface area (Å²) in [5, 5.41) is 13.5. The second kappa shape index (κ2) is 6.01. The first-order valence-corrected chi connectivity index (χ1v) is 7.91. The standard InChI is InChI=1S/C17H23F2NO/c1-10(14-7-11-2-3-12(14)6-11)20-9-17(21)13-4-5-15(18)16(19)8-13/h4-5,8,10-12,14,17,20-21H,2-3,6-7,9H2,1H3. The summed E-state index contributed by atoms with van der Waals surface area (Å²) < 4.78 is 26.1. The first-order valence-electron chi connectivity index (χ1n) is 7.91. The van der Waals surface area contributed by atoms with E-state index in [0.29, 0.717) is 24.1 Å². The third-order valence-corrected chi connectivity index (χ3v) is 5.40. The van der Waals surface area contributed by atoms with Gasteiger partial charge in [-0.25, -0.2) is 8.78 Å². The van der Waals surface area contributed by atoms with Crippen molar-refractivity contribution >= 4 is 0 Å². The van der Waals surface area contributed by atoms with Crippen LogP contribution in [0.5, 0.6) is 0 Å². The Bertz CT molecular complexity index is 508. The van der Waals surface area contributed by atoms with Crippen molar-refractivity contribution < 1.29 is 13.9 Å². The Kier molecular flexibility index (Phi) is 4.27. The average molecular weight is 295 g/mol. The Hall–Kier alpha value is -1.00. The van der Waals surface area contributed by atoms with Crippen LogP contribution in [0.1, 0.15) is 44.3 Å². The Balaban J connectivity index is 1.53. The van der Waals surface area contributed by atoms with Crippen LogP contribution in [0.3, 0.4) is 0 Å². The highest BCUT2D eigenvalue weighted by molar-refractivity contribution is 5.20. The van der Waals surface area contributed by atoms with E-state index in [-0.39, 0.29) is 0 Å². The molecule has 2 nitrogen and oxygen atoms in total. The Morgan fingerprint density at radius 2 is 2.05 bits per heavy atom. The fourth-order valence-corrected chi connectivity index (χ4v) is 4.19. The molecule has 2 bridgehead atoms. The summed E-state index contributed by atoms with van der Waals surface area (Å²) >= 11 is 0. The highest BCUT2D eigenvalue weighted by Gasteiger charge is 2.41. The molecule has 5 unspecified atom stereocenters. The second-order valence-electron chi connectivity index (χ2n) is 6.72. The lowest BCUT2D eigenvalue weighted by Gasteiger charge is -2.29. The highest BCUT2D eigenvalue weighted by atomic mass is 19.2. The van der Waals surface area contributed by atoms with Gasteiger partial charge in [0.25, 0.3) is 0 Å². The fourth-order valence-electron chi connectivity index (χ4n) is 4.19. The molecule has 0 radical (unpaired) electrons. The zero-order chi connectivity index (χ0) is 15.0. The van der Waals surface area contributed by atoms with Gasteiger partial charge in [-0.3, -0.25) is 0 Å². The maximum absolute atomic E-state index is 13.2. The molecule has 4 heteroatoms. The maximum Gasteiger partial charge on any atom is 0.159 e. The topological polar surface area (TPSA) is 32.3 Å². The van der Waals surface area contributed by atoms with Crippen molar-refractivity contribution in [2.75, 3.05) is 6.54 Å². The average Bonchev–Trinajstić information content (AvgIpc) is 3.10. The molecule has 2 aliphatic rings. The SMILES string of the molecule is CC(NCC(O)c1ccc(F)c(F)c1)C1CC2CCC1C2. The Morgan fingerprint density at radius 1 is 1.24 bits per heavy atom. The molecular weight excluding hydrogens is 272 g/mol. The maximum atomic E-state index is 13.2. The number of nitrogens with one attached hydrogen (secondary N) is 1. The molecule has 0 aliphatic heterocycles. The van der Waals surface area contributed by atoms with Gasteiger partial charge in [0.05, 0.1) is 6.10 Å². The number of aliphatic hydroxyl groups is 1. The molecule has 2 aliphatic carbocycles. The lowest BCUT2D eigenvalue weighted by Crippen LogP contribution is -2.38. The molecule has 0 amide bonds. The molecule has 0 saturated heterocycles. The zero-order valence-electron chi connectivity index (χ0n) is 12.4. The smallest absolute Gasteiger partial charge is 0.159 e. The van der Waals surface area contributed by atoms with E-state index >= 15 is 0 Å². The summed E-state index contributed by atoms with van der Waals surface area (Å²) in [6, 6.07) is 3.93. The van der Waals surface area contributed by atoms with Crippen LogP contribution in [0.4, 0.5) is 8.78 Å². The van der Waals surface area contributed by atoms with Gasteiger partial charge in [-0.15, -0.1) is 0 Å². The molecule has 0 spiro atoms. The van der Waals surface area contributed by atoms with E-state index in [2.05, 4.69) is 12.2 Å². The molecule has 0 heterocycles. The molecule has 1 aromatic carbocycles. The van der Waals surface area contributed by atoms with Crippen LogP contribution < -0.4 is 5.32 Å². The number of aliphatic hydroxyl groups excluding tert-OH is 1. The predicted molar refractivity (Wildman–Crippen MR) is 77.7 cm³/mol. The molecule has 21 heavy (non-hydrogen) atoms. The Morgan fingerprint density at radius 3 is 2.67 bits per heavy atom. The first kappa shape index (κ1) is 14.9. The minimum atomic E-state index is -0.910. The lowest BCUT2D eigenvalue weighted by atomic mass is 9.84. The van der Waals surface area contributed by atoms with E-state index in [9.17, 15) is 13.9 Å². The summed E-state index contributed by atoms with van der Waals surface area (Å²) in [5.74, 6) is 0.640. The summed E-state index contributed by atoms with van der Waals surface area (Å²) in [7, 11) is 0. The van der Waals surface area contributed by atoms with Gasteiger partial charge in [-0.05, 0) is 61.6 Å². The number of hydrogen-bond donors (Lipinski definition) is 2. The fraction of sp³-hybridized carbons (Fsp3) is 0.647. The van der Waals surface area contributed by atoms with E-state index < -0.39 is 17.7 Å². The van der Waals surface area contributed by atoms with E-state index in [1.54, 1.807) is 0 Å². The first-order chi connectivity index (χ1) is 10.0. The van der Waals surface area contributed by atoms with Crippen LogP contribution >= 0.6 is 0 Å². The van der Waals surface area contributed by atoms with E-state index in [1.807, 2.05) is 0 Å². The van der Waals surface area contributed by atoms with Crippen molar-refractivity contribution in [3.63, 3.8) is 0 Å². The highest BCUT2D eigenvalue weighted by Crippen LogP contribution is 2.49. The molecule has 0 aromatic heterocycles. The van der Waals surface area contributed by atoms with Crippen LogP contribution in [0.25, 0.3) is 0 Å². The summed E-state index contributed by atoms with van der Waals surface area (Å²) in [4.78, 5) is 0. The van der Waals surface area contributed by atoms with Crippen LogP contribution in [0.15, 0.2) is 18.2 Å². The van der Waals surface area contributed by atoms with Crippen molar-refractivity contribution in [2.24, 2.45) is 17.8 Å². The van der Waals surface area contributed by atoms with Crippen molar-refractivity contribution in [1.29, 1.82) is 0 Å². The minimum Gasteiger partial charge on any atom is -0.387 e. The molecule has 2 saturated carbocycles. The largest absolute Gasteiger partial charge is 0.387 e. The van der Waals surface area contributed by atoms with E-state index in [0.717, 1.165) is 24.0 Å². The van der Waals surface area contributed by atoms with Crippen LogP contribution in [0, 0.1) is 29.4 Å².